The number of rotatable bonds is 4. The Morgan fingerprint density at radius 3 is 2.53 bits per heavy atom. The lowest BCUT2D eigenvalue weighted by atomic mass is 10.2. The molecule has 0 saturated carbocycles. The SMILES string of the molecule is NC(=O)OCCNC(=O)c1ccccc1. The Morgan fingerprint density at radius 1 is 1.27 bits per heavy atom. The monoisotopic (exact) mass is 208 g/mol. The van der Waals surface area contributed by atoms with Crippen molar-refractivity contribution in [2.75, 3.05) is 13.2 Å². The molecule has 5 nitrogen and oxygen atoms in total. The summed E-state index contributed by atoms with van der Waals surface area (Å²) in [5.41, 5.74) is 5.31. The van der Waals surface area contributed by atoms with Crippen LogP contribution in [0.2, 0.25) is 0 Å². The summed E-state index contributed by atoms with van der Waals surface area (Å²) in [6, 6.07) is 8.77. The molecule has 0 bridgehead atoms. The maximum absolute atomic E-state index is 11.4. The Labute approximate surface area is 87.2 Å². The number of hydrogen-bond acceptors (Lipinski definition) is 3. The minimum atomic E-state index is -0.844. The maximum Gasteiger partial charge on any atom is 0.404 e. The quantitative estimate of drug-likeness (QED) is 0.707. The van der Waals surface area contributed by atoms with E-state index in [1.165, 1.54) is 0 Å². The normalized spacial score (nSPS) is 9.33. The standard InChI is InChI=1S/C10H12N2O3/c11-10(14)15-7-6-12-9(13)8-4-2-1-3-5-8/h1-5H,6-7H2,(H2,11,14)(H,12,13). The van der Waals surface area contributed by atoms with Gasteiger partial charge in [-0.3, -0.25) is 4.79 Å². The van der Waals surface area contributed by atoms with Crippen molar-refractivity contribution >= 4 is 12.0 Å². The van der Waals surface area contributed by atoms with Gasteiger partial charge in [-0.2, -0.15) is 0 Å². The third-order valence-corrected chi connectivity index (χ3v) is 1.67. The van der Waals surface area contributed by atoms with Crippen molar-refractivity contribution in [3.8, 4) is 0 Å². The summed E-state index contributed by atoms with van der Waals surface area (Å²) in [4.78, 5) is 21.6. The summed E-state index contributed by atoms with van der Waals surface area (Å²) in [6.45, 7) is 0.324. The molecule has 0 spiro atoms. The molecule has 0 aliphatic heterocycles. The van der Waals surface area contributed by atoms with E-state index in [9.17, 15) is 9.59 Å². The van der Waals surface area contributed by atoms with Crippen molar-refractivity contribution in [3.05, 3.63) is 35.9 Å². The number of nitrogens with two attached hydrogens (primary N) is 1. The Kier molecular flexibility index (Phi) is 4.15. The highest BCUT2D eigenvalue weighted by atomic mass is 16.5. The van der Waals surface area contributed by atoms with Gasteiger partial charge in [-0.1, -0.05) is 18.2 Å². The molecule has 0 aliphatic carbocycles. The molecule has 2 amide bonds. The predicted octanol–water partition coefficient (Wildman–Crippen LogP) is 0.512. The van der Waals surface area contributed by atoms with Crippen LogP contribution in [0.5, 0.6) is 0 Å². The third kappa shape index (κ3) is 4.12. The molecule has 1 aromatic rings. The lowest BCUT2D eigenvalue weighted by molar-refractivity contribution is 0.0937. The van der Waals surface area contributed by atoms with Crippen LogP contribution in [0.1, 0.15) is 10.4 Å². The van der Waals surface area contributed by atoms with Crippen molar-refractivity contribution < 1.29 is 14.3 Å². The Hall–Kier alpha value is -2.04. The lowest BCUT2D eigenvalue weighted by Crippen LogP contribution is -2.28. The first-order chi connectivity index (χ1) is 7.20. The number of nitrogens with one attached hydrogen (secondary N) is 1. The van der Waals surface area contributed by atoms with Crippen LogP contribution >= 0.6 is 0 Å². The van der Waals surface area contributed by atoms with Gasteiger partial charge >= 0.3 is 6.09 Å². The summed E-state index contributed by atoms with van der Waals surface area (Å²) in [6.07, 6.45) is -0.844. The van der Waals surface area contributed by atoms with Crippen LogP contribution in [0.25, 0.3) is 0 Å². The summed E-state index contributed by atoms with van der Waals surface area (Å²) in [7, 11) is 0. The average Bonchev–Trinajstić information content (AvgIpc) is 2.25. The van der Waals surface area contributed by atoms with Gasteiger partial charge in [0, 0.05) is 5.56 Å². The zero-order valence-electron chi connectivity index (χ0n) is 8.10. The highest BCUT2D eigenvalue weighted by molar-refractivity contribution is 5.94. The molecule has 1 rings (SSSR count). The fourth-order valence-corrected chi connectivity index (χ4v) is 1.01. The first kappa shape index (κ1) is 11.0. The summed E-state index contributed by atoms with van der Waals surface area (Å²) < 4.78 is 4.45. The molecular weight excluding hydrogens is 196 g/mol. The molecule has 1 aromatic carbocycles. The molecule has 0 saturated heterocycles. The van der Waals surface area contributed by atoms with E-state index in [1.54, 1.807) is 24.3 Å². The second kappa shape index (κ2) is 5.64. The molecule has 0 aromatic heterocycles. The van der Waals surface area contributed by atoms with E-state index >= 15 is 0 Å². The molecule has 0 unspecified atom stereocenters. The molecule has 0 radical (unpaired) electrons. The van der Waals surface area contributed by atoms with Crippen LogP contribution in [0.15, 0.2) is 30.3 Å². The summed E-state index contributed by atoms with van der Waals surface area (Å²) in [5, 5.41) is 2.58. The first-order valence-electron chi connectivity index (χ1n) is 4.45. The predicted molar refractivity (Wildman–Crippen MR) is 54.3 cm³/mol. The highest BCUT2D eigenvalue weighted by Crippen LogP contribution is 1.97. The number of carbonyl (C=O) groups excluding carboxylic acids is 2. The van der Waals surface area contributed by atoms with Gasteiger partial charge in [0.05, 0.1) is 6.54 Å². The van der Waals surface area contributed by atoms with E-state index in [0.717, 1.165) is 0 Å². The van der Waals surface area contributed by atoms with Gasteiger partial charge < -0.3 is 15.8 Å². The zero-order valence-corrected chi connectivity index (χ0v) is 8.10. The molecule has 0 atom stereocenters. The molecular formula is C10H12N2O3. The van der Waals surface area contributed by atoms with Crippen LogP contribution in [0.3, 0.4) is 0 Å². The van der Waals surface area contributed by atoms with E-state index in [0.29, 0.717) is 5.56 Å². The van der Waals surface area contributed by atoms with Crippen molar-refractivity contribution in [1.82, 2.24) is 5.32 Å². The molecule has 3 N–H and O–H groups in total. The second-order valence-corrected chi connectivity index (χ2v) is 2.79. The lowest BCUT2D eigenvalue weighted by Gasteiger charge is -2.04. The Morgan fingerprint density at radius 2 is 1.93 bits per heavy atom. The molecule has 0 aliphatic rings. The van der Waals surface area contributed by atoms with Crippen molar-refractivity contribution in [2.24, 2.45) is 5.73 Å². The minimum absolute atomic E-state index is 0.0773. The molecule has 15 heavy (non-hydrogen) atoms. The fraction of sp³-hybridized carbons (Fsp3) is 0.200. The van der Waals surface area contributed by atoms with Crippen LogP contribution in [-0.2, 0) is 4.74 Å². The number of hydrogen-bond donors (Lipinski definition) is 2. The fourth-order valence-electron chi connectivity index (χ4n) is 1.01. The van der Waals surface area contributed by atoms with E-state index < -0.39 is 6.09 Å². The van der Waals surface area contributed by atoms with Crippen molar-refractivity contribution in [1.29, 1.82) is 0 Å². The third-order valence-electron chi connectivity index (χ3n) is 1.67. The molecule has 5 heteroatoms. The van der Waals surface area contributed by atoms with Gasteiger partial charge in [0.1, 0.15) is 6.61 Å². The molecule has 0 fully saturated rings. The Bertz CT molecular complexity index is 338. The zero-order chi connectivity index (χ0) is 11.1. The summed E-state index contributed by atoms with van der Waals surface area (Å²) >= 11 is 0. The number of benzene rings is 1. The number of carbonyl (C=O) groups is 2. The van der Waals surface area contributed by atoms with Gasteiger partial charge in [-0.25, -0.2) is 4.79 Å². The average molecular weight is 208 g/mol. The van der Waals surface area contributed by atoms with E-state index in [2.05, 4.69) is 10.1 Å². The summed E-state index contributed by atoms with van der Waals surface area (Å²) in [5.74, 6) is -0.205. The number of amides is 2. The van der Waals surface area contributed by atoms with E-state index in [-0.39, 0.29) is 19.1 Å². The van der Waals surface area contributed by atoms with Gasteiger partial charge in [-0.05, 0) is 12.1 Å². The maximum atomic E-state index is 11.4. The van der Waals surface area contributed by atoms with Gasteiger partial charge in [0.15, 0.2) is 0 Å². The van der Waals surface area contributed by atoms with Gasteiger partial charge in [0.25, 0.3) is 5.91 Å². The molecule has 80 valence electrons. The van der Waals surface area contributed by atoms with Gasteiger partial charge in [-0.15, -0.1) is 0 Å². The minimum Gasteiger partial charge on any atom is -0.448 e. The second-order valence-electron chi connectivity index (χ2n) is 2.79. The largest absolute Gasteiger partial charge is 0.448 e. The number of ether oxygens (including phenoxy) is 1. The van der Waals surface area contributed by atoms with E-state index in [1.807, 2.05) is 6.07 Å². The van der Waals surface area contributed by atoms with Gasteiger partial charge in [0.2, 0.25) is 0 Å². The molecule has 0 heterocycles. The Balaban J connectivity index is 2.28. The van der Waals surface area contributed by atoms with Crippen molar-refractivity contribution in [2.45, 2.75) is 0 Å². The van der Waals surface area contributed by atoms with Crippen LogP contribution in [0.4, 0.5) is 4.79 Å². The topological polar surface area (TPSA) is 81.4 Å². The van der Waals surface area contributed by atoms with E-state index in [4.69, 9.17) is 5.73 Å². The first-order valence-corrected chi connectivity index (χ1v) is 4.45. The van der Waals surface area contributed by atoms with Crippen molar-refractivity contribution in [3.63, 3.8) is 0 Å². The van der Waals surface area contributed by atoms with Crippen LogP contribution in [-0.4, -0.2) is 25.2 Å². The van der Waals surface area contributed by atoms with Crippen LogP contribution < -0.4 is 11.1 Å². The smallest absolute Gasteiger partial charge is 0.404 e. The van der Waals surface area contributed by atoms with Crippen LogP contribution in [0, 0.1) is 0 Å². The number of primary amides is 1. The highest BCUT2D eigenvalue weighted by Gasteiger charge is 2.02.